The second kappa shape index (κ2) is 19.7. The summed E-state index contributed by atoms with van der Waals surface area (Å²) < 4.78 is 2.52. The van der Waals surface area contributed by atoms with Gasteiger partial charge in [-0.3, -0.25) is 0 Å². The summed E-state index contributed by atoms with van der Waals surface area (Å²) in [5, 5.41) is 15.7. The highest BCUT2D eigenvalue weighted by Gasteiger charge is 2.38. The summed E-state index contributed by atoms with van der Waals surface area (Å²) in [4.78, 5) is 0. The summed E-state index contributed by atoms with van der Waals surface area (Å²) in [6.07, 6.45) is 0. The van der Waals surface area contributed by atoms with Crippen LogP contribution in [0.1, 0.15) is 0 Å². The minimum atomic E-state index is -2.08. The van der Waals surface area contributed by atoms with E-state index in [1.165, 1.54) is 170 Å². The largest absolute Gasteiger partial charge is 0.309 e. The Balaban J connectivity index is 0.725. The zero-order valence-electron chi connectivity index (χ0n) is 47.9. The highest BCUT2D eigenvalue weighted by molar-refractivity contribution is 7.04. The second-order valence-corrected chi connectivity index (χ2v) is 28.3. The van der Waals surface area contributed by atoms with Crippen molar-refractivity contribution in [3.8, 4) is 94.7 Å². The van der Waals surface area contributed by atoms with E-state index in [9.17, 15) is 0 Å². The predicted octanol–water partition coefficient (Wildman–Crippen LogP) is 21.9. The highest BCUT2D eigenvalue weighted by atomic mass is 28.3. The number of hydrogen-bond donors (Lipinski definition) is 0. The number of benzene rings is 15. The lowest BCUT2D eigenvalue weighted by molar-refractivity contribution is 1.18. The lowest BCUT2D eigenvalue weighted by Gasteiger charge is -2.20. The molecule has 1 aliphatic heterocycles. The fourth-order valence-corrected chi connectivity index (χ4v) is 17.4. The maximum atomic E-state index is 2.53. The Bertz CT molecular complexity index is 5120. The van der Waals surface area contributed by atoms with Crippen LogP contribution in [0, 0.1) is 0 Å². The molecule has 0 bridgehead atoms. The van der Waals surface area contributed by atoms with E-state index in [2.05, 4.69) is 327 Å². The molecule has 1 aromatic heterocycles. The fraction of sp³-hybridized carbons (Fsp3) is 0.0238. The van der Waals surface area contributed by atoms with Gasteiger partial charge >= 0.3 is 0 Å². The molecule has 86 heavy (non-hydrogen) atoms. The lowest BCUT2D eigenvalue weighted by Crippen LogP contribution is -2.49. The molecule has 2 heterocycles. The Morgan fingerprint density at radius 1 is 0.209 bits per heavy atom. The third-order valence-electron chi connectivity index (χ3n) is 18.8. The molecule has 1 nitrogen and oxygen atoms in total. The van der Waals surface area contributed by atoms with Crippen molar-refractivity contribution < 1.29 is 0 Å². The van der Waals surface area contributed by atoms with Crippen molar-refractivity contribution in [2.45, 2.75) is 13.1 Å². The molecule has 0 unspecified atom stereocenters. The minimum Gasteiger partial charge on any atom is -0.309 e. The quantitative estimate of drug-likeness (QED) is 0.106. The van der Waals surface area contributed by atoms with Crippen molar-refractivity contribution in [3.63, 3.8) is 0 Å². The molecule has 0 N–H and O–H groups in total. The Kier molecular flexibility index (Phi) is 11.5. The Labute approximate surface area is 502 Å². The number of rotatable bonds is 8. The first-order valence-corrected chi connectivity index (χ1v) is 33.0. The Hall–Kier alpha value is -10.6. The minimum absolute atomic E-state index is 1.19. The van der Waals surface area contributed by atoms with Crippen molar-refractivity contribution in [1.29, 1.82) is 0 Å². The van der Waals surface area contributed by atoms with Gasteiger partial charge in [0.15, 0.2) is 0 Å². The van der Waals surface area contributed by atoms with Crippen LogP contribution in [0.5, 0.6) is 0 Å². The van der Waals surface area contributed by atoms with E-state index in [1.54, 1.807) is 0 Å². The van der Waals surface area contributed by atoms with Crippen molar-refractivity contribution >= 4 is 83.3 Å². The Morgan fingerprint density at radius 3 is 1.00 bits per heavy atom. The van der Waals surface area contributed by atoms with Crippen LogP contribution in [0.25, 0.3) is 160 Å². The van der Waals surface area contributed by atoms with E-state index in [4.69, 9.17) is 0 Å². The summed E-state index contributed by atoms with van der Waals surface area (Å²) in [6.45, 7) is 5.06. The number of fused-ring (bicyclic) bond motifs is 12. The predicted molar refractivity (Wildman–Crippen MR) is 371 cm³/mol. The van der Waals surface area contributed by atoms with Crippen LogP contribution in [0.4, 0.5) is 0 Å². The third kappa shape index (κ3) is 8.13. The molecule has 17 rings (SSSR count). The molecule has 0 saturated heterocycles. The lowest BCUT2D eigenvalue weighted by atomic mass is 9.92. The van der Waals surface area contributed by atoms with Gasteiger partial charge in [-0.25, -0.2) is 0 Å². The SMILES string of the molecule is C[Si]1(C)c2cc(-c3ccccc3)ccc2-c2ccc(-n3c4ccc(-c5ccc(-c6ccc(-c7cc8ccccc8c8ccccc78)cc6)cc5)cc4c4cc(-c5ccc(-c6ccc(-c7cc8ccccc8c8ccccc78)cc6)cc5)ccc43)cc21. The average Bonchev–Trinajstić information content (AvgIpc) is 1.73. The van der Waals surface area contributed by atoms with Crippen LogP contribution < -0.4 is 10.4 Å². The summed E-state index contributed by atoms with van der Waals surface area (Å²) in [5.41, 5.74) is 23.5. The summed E-state index contributed by atoms with van der Waals surface area (Å²) >= 11 is 0. The smallest absolute Gasteiger partial charge is 0.113 e. The maximum Gasteiger partial charge on any atom is 0.113 e. The number of aromatic nitrogens is 1. The second-order valence-electron chi connectivity index (χ2n) is 24.0. The van der Waals surface area contributed by atoms with Gasteiger partial charge in [0.05, 0.1) is 11.0 Å². The number of hydrogen-bond acceptors (Lipinski definition) is 0. The first-order chi connectivity index (χ1) is 42.4. The Morgan fingerprint density at radius 2 is 0.535 bits per heavy atom. The van der Waals surface area contributed by atoms with Crippen LogP contribution in [-0.2, 0) is 0 Å². The van der Waals surface area contributed by atoms with Gasteiger partial charge in [0.25, 0.3) is 0 Å². The summed E-state index contributed by atoms with van der Waals surface area (Å²) in [6, 6.07) is 116. The molecule has 16 aromatic rings. The third-order valence-corrected chi connectivity index (χ3v) is 22.3. The van der Waals surface area contributed by atoms with Gasteiger partial charge in [-0.05, 0) is 191 Å². The van der Waals surface area contributed by atoms with Crippen LogP contribution in [0.2, 0.25) is 13.1 Å². The maximum absolute atomic E-state index is 2.53. The molecule has 0 spiro atoms. The van der Waals surface area contributed by atoms with Gasteiger partial charge in [0, 0.05) is 16.5 Å². The topological polar surface area (TPSA) is 4.93 Å². The number of nitrogens with zero attached hydrogens (tertiary/aromatic N) is 1. The zero-order valence-corrected chi connectivity index (χ0v) is 48.9. The van der Waals surface area contributed by atoms with E-state index in [0.29, 0.717) is 0 Å². The van der Waals surface area contributed by atoms with E-state index in [-0.39, 0.29) is 0 Å². The molecule has 15 aromatic carbocycles. The van der Waals surface area contributed by atoms with Gasteiger partial charge in [0.1, 0.15) is 8.07 Å². The standard InChI is InChI=1S/C84H57NSi/c1-86(2)83-52-65(54-14-4-3-5-15-54)40-44-75(83)76-45-43-68(53-84(76)86)85-81-46-41-63(59-28-24-55(25-29-59)57-32-36-61(37-33-57)77-50-66-16-6-8-18-69(66)71-20-10-12-22-73(71)77)48-79(81)80-49-64(42-47-82(80)85)60-30-26-56(27-31-60)58-34-38-62(39-35-58)78-51-67-17-7-9-19-70(67)72-21-11-13-23-74(72)78/h3-53H,1-2H3. The van der Waals surface area contributed by atoms with E-state index in [1.807, 2.05) is 0 Å². The van der Waals surface area contributed by atoms with E-state index >= 15 is 0 Å². The van der Waals surface area contributed by atoms with Crippen molar-refractivity contribution in [1.82, 2.24) is 4.57 Å². The van der Waals surface area contributed by atoms with Crippen molar-refractivity contribution in [2.24, 2.45) is 0 Å². The zero-order chi connectivity index (χ0) is 57.0. The van der Waals surface area contributed by atoms with Gasteiger partial charge in [-0.1, -0.05) is 274 Å². The van der Waals surface area contributed by atoms with Crippen LogP contribution >= 0.6 is 0 Å². The van der Waals surface area contributed by atoms with E-state index in [0.717, 1.165) is 0 Å². The van der Waals surface area contributed by atoms with Gasteiger partial charge in [0.2, 0.25) is 0 Å². The summed E-state index contributed by atoms with van der Waals surface area (Å²) in [5.74, 6) is 0. The first-order valence-electron chi connectivity index (χ1n) is 30.0. The monoisotopic (exact) mass is 1110 g/mol. The first kappa shape index (κ1) is 49.9. The normalized spacial score (nSPS) is 12.6. The molecular weight excluding hydrogens is 1050 g/mol. The fourth-order valence-electron chi connectivity index (χ4n) is 14.3. The molecular formula is C84H57NSi. The van der Waals surface area contributed by atoms with Crippen molar-refractivity contribution in [2.75, 3.05) is 0 Å². The molecule has 402 valence electrons. The highest BCUT2D eigenvalue weighted by Crippen LogP contribution is 2.42. The van der Waals surface area contributed by atoms with Gasteiger partial charge in [-0.2, -0.15) is 0 Å². The molecule has 0 radical (unpaired) electrons. The van der Waals surface area contributed by atoms with Gasteiger partial charge in [-0.15, -0.1) is 0 Å². The van der Waals surface area contributed by atoms with Crippen molar-refractivity contribution in [3.05, 3.63) is 309 Å². The van der Waals surface area contributed by atoms with Crippen LogP contribution in [0.15, 0.2) is 309 Å². The summed E-state index contributed by atoms with van der Waals surface area (Å²) in [7, 11) is -2.08. The van der Waals surface area contributed by atoms with Crippen LogP contribution in [0.3, 0.4) is 0 Å². The molecule has 2 heteroatoms. The van der Waals surface area contributed by atoms with Gasteiger partial charge < -0.3 is 4.57 Å². The molecule has 0 saturated carbocycles. The molecule has 1 aliphatic rings. The molecule has 0 aliphatic carbocycles. The van der Waals surface area contributed by atoms with Crippen LogP contribution in [-0.4, -0.2) is 12.6 Å². The molecule has 0 amide bonds. The molecule has 0 atom stereocenters. The van der Waals surface area contributed by atoms with E-state index < -0.39 is 8.07 Å². The molecule has 0 fully saturated rings. The average molecular weight is 1110 g/mol.